The molecule has 0 radical (unpaired) electrons. The minimum atomic E-state index is 0.294. The second-order valence-electron chi connectivity index (χ2n) is 6.77. The lowest BCUT2D eigenvalue weighted by atomic mass is 9.77. The van der Waals surface area contributed by atoms with Gasteiger partial charge in [-0.15, -0.1) is 0 Å². The molecule has 0 unspecified atom stereocenters. The van der Waals surface area contributed by atoms with E-state index in [2.05, 4.69) is 19.2 Å². The number of nitrogens with zero attached hydrogens (tertiary/aromatic N) is 2. The Hall–Kier alpha value is -1.88. The summed E-state index contributed by atoms with van der Waals surface area (Å²) in [5.41, 5.74) is 4.12. The summed E-state index contributed by atoms with van der Waals surface area (Å²) in [6.07, 6.45) is 8.88. The number of quaternary nitrogens is 2. The van der Waals surface area contributed by atoms with Crippen molar-refractivity contribution >= 4 is 0 Å². The minimum absolute atomic E-state index is 0.294. The Bertz CT molecular complexity index is 602. The molecule has 3 aliphatic rings. The van der Waals surface area contributed by atoms with Crippen molar-refractivity contribution in [1.82, 2.24) is 0 Å². The lowest BCUT2D eigenvalue weighted by Gasteiger charge is -2.33. The standard InChI is InChI=1S/C18H22N4/c1-21-6-8-22(9-7-21)18-5-4-14-2-3-15(10-16(14)11-18)17(12-19)13-20/h10-11,14H,2-9H2,1H3/p+2/t14-/m1/s1. The first-order valence-corrected chi connectivity index (χ1v) is 8.33. The van der Waals surface area contributed by atoms with Crippen molar-refractivity contribution in [3.63, 3.8) is 0 Å². The van der Waals surface area contributed by atoms with Crippen molar-refractivity contribution in [2.24, 2.45) is 5.92 Å². The molecular weight excluding hydrogens is 272 g/mol. The summed E-state index contributed by atoms with van der Waals surface area (Å²) in [5.74, 6) is 0.628. The highest BCUT2D eigenvalue weighted by atomic mass is 15.2. The van der Waals surface area contributed by atoms with E-state index in [9.17, 15) is 0 Å². The van der Waals surface area contributed by atoms with Crippen LogP contribution in [0.4, 0.5) is 0 Å². The van der Waals surface area contributed by atoms with E-state index in [4.69, 9.17) is 10.5 Å². The van der Waals surface area contributed by atoms with Gasteiger partial charge in [-0.1, -0.05) is 6.08 Å². The third-order valence-electron chi connectivity index (χ3n) is 5.38. The molecule has 4 heteroatoms. The van der Waals surface area contributed by atoms with Gasteiger partial charge in [0.15, 0.2) is 0 Å². The van der Waals surface area contributed by atoms with Crippen molar-refractivity contribution in [2.75, 3.05) is 33.2 Å². The van der Waals surface area contributed by atoms with Gasteiger partial charge in [-0.2, -0.15) is 10.5 Å². The molecule has 22 heavy (non-hydrogen) atoms. The molecule has 1 saturated heterocycles. The molecule has 0 aromatic carbocycles. The zero-order valence-electron chi connectivity index (χ0n) is 13.3. The number of nitriles is 2. The van der Waals surface area contributed by atoms with Gasteiger partial charge in [-0.3, -0.25) is 4.90 Å². The highest BCUT2D eigenvalue weighted by Gasteiger charge is 2.30. The van der Waals surface area contributed by atoms with Gasteiger partial charge in [0.25, 0.3) is 0 Å². The molecular formula is C18H24N4+2. The van der Waals surface area contributed by atoms with E-state index < -0.39 is 0 Å². The van der Waals surface area contributed by atoms with Crippen LogP contribution < -0.4 is 9.80 Å². The number of fused-ring (bicyclic) bond motifs is 1. The Balaban J connectivity index is 1.85. The van der Waals surface area contributed by atoms with E-state index in [0.29, 0.717) is 11.5 Å². The lowest BCUT2D eigenvalue weighted by molar-refractivity contribution is -0.986. The fraction of sp³-hybridized carbons (Fsp3) is 0.556. The average molecular weight is 296 g/mol. The molecule has 0 aromatic heterocycles. The predicted molar refractivity (Wildman–Crippen MR) is 83.7 cm³/mol. The van der Waals surface area contributed by atoms with Crippen molar-refractivity contribution in [3.8, 4) is 12.1 Å². The first-order chi connectivity index (χ1) is 10.7. The molecule has 0 bridgehead atoms. The fourth-order valence-corrected chi connectivity index (χ4v) is 3.91. The van der Waals surface area contributed by atoms with E-state index in [1.165, 1.54) is 50.3 Å². The van der Waals surface area contributed by atoms with Gasteiger partial charge in [0.1, 0.15) is 49.6 Å². The SMILES string of the molecule is C[NH+]1CC[NH+](C2=CC3=CC(=C(C#N)C#N)CC[C@@H]3CC2)CC1. The van der Waals surface area contributed by atoms with Gasteiger partial charge < -0.3 is 4.90 Å². The maximum Gasteiger partial charge on any atom is 0.132 e. The Kier molecular flexibility index (Phi) is 4.43. The van der Waals surface area contributed by atoms with Crippen LogP contribution in [0.2, 0.25) is 0 Å². The Labute approximate surface area is 132 Å². The Morgan fingerprint density at radius 2 is 1.73 bits per heavy atom. The van der Waals surface area contributed by atoms with Crippen LogP contribution in [-0.2, 0) is 0 Å². The Morgan fingerprint density at radius 1 is 1.05 bits per heavy atom. The molecule has 0 spiro atoms. The van der Waals surface area contributed by atoms with E-state index in [1.54, 1.807) is 9.80 Å². The van der Waals surface area contributed by atoms with Crippen LogP contribution in [0.5, 0.6) is 0 Å². The van der Waals surface area contributed by atoms with Crippen molar-refractivity contribution in [2.45, 2.75) is 25.7 Å². The molecule has 1 atom stereocenters. The first-order valence-electron chi connectivity index (χ1n) is 8.33. The molecule has 0 aromatic rings. The summed E-state index contributed by atoms with van der Waals surface area (Å²) in [4.78, 5) is 3.27. The minimum Gasteiger partial charge on any atom is -0.328 e. The number of piperazine rings is 1. The zero-order chi connectivity index (χ0) is 15.5. The summed E-state index contributed by atoms with van der Waals surface area (Å²) in [5, 5.41) is 18.1. The molecule has 114 valence electrons. The van der Waals surface area contributed by atoms with Crippen molar-refractivity contribution < 1.29 is 9.80 Å². The van der Waals surface area contributed by atoms with Crippen LogP contribution >= 0.6 is 0 Å². The number of rotatable bonds is 1. The molecule has 3 rings (SSSR count). The summed E-state index contributed by atoms with van der Waals surface area (Å²) < 4.78 is 0. The van der Waals surface area contributed by atoms with E-state index >= 15 is 0 Å². The monoisotopic (exact) mass is 296 g/mol. The Morgan fingerprint density at radius 3 is 2.41 bits per heavy atom. The van der Waals surface area contributed by atoms with Crippen molar-refractivity contribution in [3.05, 3.63) is 34.6 Å². The molecule has 1 aliphatic heterocycles. The maximum atomic E-state index is 9.07. The molecule has 0 amide bonds. The fourth-order valence-electron chi connectivity index (χ4n) is 3.91. The van der Waals surface area contributed by atoms with Crippen molar-refractivity contribution in [1.29, 1.82) is 10.5 Å². The highest BCUT2D eigenvalue weighted by molar-refractivity contribution is 5.49. The quantitative estimate of drug-likeness (QED) is 0.656. The molecule has 1 fully saturated rings. The van der Waals surface area contributed by atoms with Gasteiger partial charge >= 0.3 is 0 Å². The number of nitrogens with one attached hydrogen (secondary N) is 2. The number of allylic oxidation sites excluding steroid dienone is 6. The smallest absolute Gasteiger partial charge is 0.132 e. The average Bonchev–Trinajstić information content (AvgIpc) is 2.56. The van der Waals surface area contributed by atoms with E-state index in [-0.39, 0.29) is 0 Å². The first kappa shape index (κ1) is 15.0. The predicted octanol–water partition coefficient (Wildman–Crippen LogP) is -0.243. The van der Waals surface area contributed by atoms with Crippen LogP contribution in [0.3, 0.4) is 0 Å². The van der Waals surface area contributed by atoms with Crippen LogP contribution in [0.1, 0.15) is 25.7 Å². The molecule has 4 nitrogen and oxygen atoms in total. The highest BCUT2D eigenvalue weighted by Crippen LogP contribution is 2.36. The number of hydrogen-bond donors (Lipinski definition) is 2. The molecule has 1 heterocycles. The summed E-state index contributed by atoms with van der Waals surface area (Å²) in [6, 6.07) is 4.08. The maximum absolute atomic E-state index is 9.07. The molecule has 0 saturated carbocycles. The number of hydrogen-bond acceptors (Lipinski definition) is 2. The second kappa shape index (κ2) is 6.48. The lowest BCUT2D eigenvalue weighted by Crippen LogP contribution is -3.26. The van der Waals surface area contributed by atoms with E-state index in [0.717, 1.165) is 18.4 Å². The third-order valence-corrected chi connectivity index (χ3v) is 5.38. The molecule has 2 N–H and O–H groups in total. The van der Waals surface area contributed by atoms with Crippen LogP contribution in [0, 0.1) is 28.6 Å². The third kappa shape index (κ3) is 2.99. The molecule has 2 aliphatic carbocycles. The largest absolute Gasteiger partial charge is 0.328 e. The van der Waals surface area contributed by atoms with Gasteiger partial charge in [-0.05, 0) is 42.4 Å². The second-order valence-corrected chi connectivity index (χ2v) is 6.77. The summed E-state index contributed by atoms with van der Waals surface area (Å²) >= 11 is 0. The van der Waals surface area contributed by atoms with Gasteiger partial charge in [0.05, 0.1) is 7.05 Å². The van der Waals surface area contributed by atoms with Gasteiger partial charge in [-0.25, -0.2) is 0 Å². The van der Waals surface area contributed by atoms with Crippen LogP contribution in [0.15, 0.2) is 34.6 Å². The van der Waals surface area contributed by atoms with E-state index in [1.807, 2.05) is 12.1 Å². The summed E-state index contributed by atoms with van der Waals surface area (Å²) in [7, 11) is 2.27. The van der Waals surface area contributed by atoms with Crippen LogP contribution in [-0.4, -0.2) is 33.2 Å². The zero-order valence-corrected chi connectivity index (χ0v) is 13.3. The van der Waals surface area contributed by atoms with Gasteiger partial charge in [0, 0.05) is 6.42 Å². The normalized spacial score (nSPS) is 31.2. The topological polar surface area (TPSA) is 56.5 Å². The number of likely N-dealkylation sites (N-methyl/N-ethyl adjacent to an activating group) is 1. The summed E-state index contributed by atoms with van der Waals surface area (Å²) in [6.45, 7) is 4.93. The van der Waals surface area contributed by atoms with Gasteiger partial charge in [0.2, 0.25) is 0 Å². The van der Waals surface area contributed by atoms with Crippen LogP contribution in [0.25, 0.3) is 0 Å².